The summed E-state index contributed by atoms with van der Waals surface area (Å²) in [6, 6.07) is 18.7. The van der Waals surface area contributed by atoms with Crippen molar-refractivity contribution in [3.05, 3.63) is 78.1 Å². The molecule has 0 radical (unpaired) electrons. The standard InChI is InChI=1S/C21H19N3O4/c1-27-15-11-12-16(19(13-15)28-2)24-21(26)18-10-6-9-17(23-18)20(25)22-14-7-4-3-5-8-14/h3-13H,1-2H3,(H,22,25)(H,24,26). The van der Waals surface area contributed by atoms with Crippen molar-refractivity contribution in [2.24, 2.45) is 0 Å². The van der Waals surface area contributed by atoms with Gasteiger partial charge in [-0.25, -0.2) is 4.98 Å². The molecule has 0 spiro atoms. The van der Waals surface area contributed by atoms with Gasteiger partial charge in [-0.1, -0.05) is 24.3 Å². The van der Waals surface area contributed by atoms with Gasteiger partial charge in [-0.2, -0.15) is 0 Å². The van der Waals surface area contributed by atoms with Gasteiger partial charge in [0.25, 0.3) is 11.8 Å². The Morgan fingerprint density at radius 2 is 1.46 bits per heavy atom. The summed E-state index contributed by atoms with van der Waals surface area (Å²) >= 11 is 0. The van der Waals surface area contributed by atoms with Crippen molar-refractivity contribution in [2.45, 2.75) is 0 Å². The van der Waals surface area contributed by atoms with Crippen LogP contribution in [0.5, 0.6) is 11.5 Å². The van der Waals surface area contributed by atoms with E-state index in [-0.39, 0.29) is 11.4 Å². The summed E-state index contributed by atoms with van der Waals surface area (Å²) in [5, 5.41) is 5.47. The van der Waals surface area contributed by atoms with Gasteiger partial charge in [-0.3, -0.25) is 9.59 Å². The number of amides is 2. The molecule has 2 N–H and O–H groups in total. The topological polar surface area (TPSA) is 89.5 Å². The largest absolute Gasteiger partial charge is 0.497 e. The zero-order valence-electron chi connectivity index (χ0n) is 15.4. The van der Waals surface area contributed by atoms with Gasteiger partial charge in [-0.15, -0.1) is 0 Å². The molecule has 0 aliphatic heterocycles. The minimum atomic E-state index is -0.460. The van der Waals surface area contributed by atoms with E-state index in [2.05, 4.69) is 15.6 Å². The highest BCUT2D eigenvalue weighted by atomic mass is 16.5. The first kappa shape index (κ1) is 18.9. The highest BCUT2D eigenvalue weighted by Crippen LogP contribution is 2.29. The summed E-state index contributed by atoms with van der Waals surface area (Å²) in [7, 11) is 3.04. The van der Waals surface area contributed by atoms with Gasteiger partial charge in [0.05, 0.1) is 19.9 Å². The molecule has 142 valence electrons. The van der Waals surface area contributed by atoms with Crippen LogP contribution < -0.4 is 20.1 Å². The predicted octanol–water partition coefficient (Wildman–Crippen LogP) is 3.60. The number of hydrogen-bond donors (Lipinski definition) is 2. The Morgan fingerprint density at radius 1 is 0.786 bits per heavy atom. The molecule has 1 heterocycles. The number of nitrogens with one attached hydrogen (secondary N) is 2. The van der Waals surface area contributed by atoms with E-state index in [0.29, 0.717) is 22.9 Å². The summed E-state index contributed by atoms with van der Waals surface area (Å²) in [5.74, 6) is 0.193. The third-order valence-corrected chi connectivity index (χ3v) is 3.90. The molecule has 3 rings (SSSR count). The van der Waals surface area contributed by atoms with Gasteiger partial charge in [-0.05, 0) is 36.4 Å². The van der Waals surface area contributed by atoms with Crippen LogP contribution in [0.25, 0.3) is 0 Å². The van der Waals surface area contributed by atoms with Crippen LogP contribution >= 0.6 is 0 Å². The van der Waals surface area contributed by atoms with Crippen molar-refractivity contribution >= 4 is 23.2 Å². The van der Waals surface area contributed by atoms with Crippen LogP contribution in [-0.4, -0.2) is 31.0 Å². The van der Waals surface area contributed by atoms with E-state index in [0.717, 1.165) is 0 Å². The number of aromatic nitrogens is 1. The summed E-state index contributed by atoms with van der Waals surface area (Å²) in [6.45, 7) is 0. The molecule has 0 aliphatic carbocycles. The zero-order valence-corrected chi connectivity index (χ0v) is 15.4. The van der Waals surface area contributed by atoms with Crippen LogP contribution in [0.1, 0.15) is 21.0 Å². The minimum absolute atomic E-state index is 0.110. The Morgan fingerprint density at radius 3 is 2.11 bits per heavy atom. The molecule has 2 aromatic carbocycles. The summed E-state index contributed by atoms with van der Waals surface area (Å²) in [5.41, 5.74) is 1.36. The molecule has 1 aromatic heterocycles. The van der Waals surface area contributed by atoms with Gasteiger partial charge in [0, 0.05) is 11.8 Å². The highest BCUT2D eigenvalue weighted by molar-refractivity contribution is 6.06. The number of hydrogen-bond acceptors (Lipinski definition) is 5. The van der Waals surface area contributed by atoms with Crippen LogP contribution in [0.15, 0.2) is 66.7 Å². The van der Waals surface area contributed by atoms with E-state index < -0.39 is 11.8 Å². The number of anilines is 2. The second kappa shape index (κ2) is 8.68. The van der Waals surface area contributed by atoms with Gasteiger partial charge in [0.15, 0.2) is 0 Å². The van der Waals surface area contributed by atoms with Gasteiger partial charge in [0.2, 0.25) is 0 Å². The smallest absolute Gasteiger partial charge is 0.274 e. The number of para-hydroxylation sites is 1. The molecule has 0 saturated heterocycles. The van der Waals surface area contributed by atoms with E-state index in [1.807, 2.05) is 18.2 Å². The average molecular weight is 377 g/mol. The van der Waals surface area contributed by atoms with Gasteiger partial charge < -0.3 is 20.1 Å². The molecule has 7 nitrogen and oxygen atoms in total. The third-order valence-electron chi connectivity index (χ3n) is 3.90. The molecular formula is C21H19N3O4. The number of rotatable bonds is 6. The van der Waals surface area contributed by atoms with Crippen molar-refractivity contribution in [1.29, 1.82) is 0 Å². The Bertz CT molecular complexity index is 990. The third kappa shape index (κ3) is 4.45. The Labute approximate surface area is 162 Å². The molecule has 28 heavy (non-hydrogen) atoms. The summed E-state index contributed by atoms with van der Waals surface area (Å²) < 4.78 is 10.4. The lowest BCUT2D eigenvalue weighted by Crippen LogP contribution is -2.18. The number of ether oxygens (including phenoxy) is 2. The van der Waals surface area contributed by atoms with Crippen molar-refractivity contribution < 1.29 is 19.1 Å². The van der Waals surface area contributed by atoms with E-state index in [4.69, 9.17) is 9.47 Å². The number of nitrogens with zero attached hydrogens (tertiary/aromatic N) is 1. The number of carbonyl (C=O) groups excluding carboxylic acids is 2. The zero-order chi connectivity index (χ0) is 19.9. The molecule has 0 saturated carbocycles. The van der Waals surface area contributed by atoms with E-state index in [1.54, 1.807) is 49.6 Å². The van der Waals surface area contributed by atoms with Crippen LogP contribution in [0.4, 0.5) is 11.4 Å². The fourth-order valence-electron chi connectivity index (χ4n) is 2.49. The maximum atomic E-state index is 12.6. The summed E-state index contributed by atoms with van der Waals surface area (Å²) in [6.07, 6.45) is 0. The molecule has 0 fully saturated rings. The first-order valence-corrected chi connectivity index (χ1v) is 8.47. The van der Waals surface area contributed by atoms with Crippen LogP contribution in [0.3, 0.4) is 0 Å². The van der Waals surface area contributed by atoms with Crippen molar-refractivity contribution in [3.8, 4) is 11.5 Å². The molecule has 0 atom stereocenters. The lowest BCUT2D eigenvalue weighted by molar-refractivity contribution is 0.101. The summed E-state index contributed by atoms with van der Waals surface area (Å²) in [4.78, 5) is 29.1. The lowest BCUT2D eigenvalue weighted by Gasteiger charge is -2.11. The molecule has 3 aromatic rings. The van der Waals surface area contributed by atoms with E-state index >= 15 is 0 Å². The maximum Gasteiger partial charge on any atom is 0.274 e. The fraction of sp³-hybridized carbons (Fsp3) is 0.0952. The van der Waals surface area contributed by atoms with Crippen LogP contribution in [-0.2, 0) is 0 Å². The predicted molar refractivity (Wildman–Crippen MR) is 106 cm³/mol. The van der Waals surface area contributed by atoms with E-state index in [9.17, 15) is 9.59 Å². The van der Waals surface area contributed by atoms with E-state index in [1.165, 1.54) is 13.2 Å². The molecule has 7 heteroatoms. The Hall–Kier alpha value is -3.87. The van der Waals surface area contributed by atoms with Crippen molar-refractivity contribution in [3.63, 3.8) is 0 Å². The number of methoxy groups -OCH3 is 2. The molecule has 2 amide bonds. The number of carbonyl (C=O) groups is 2. The number of benzene rings is 2. The minimum Gasteiger partial charge on any atom is -0.497 e. The fourth-order valence-corrected chi connectivity index (χ4v) is 2.49. The molecule has 0 bridgehead atoms. The normalized spacial score (nSPS) is 10.1. The van der Waals surface area contributed by atoms with Crippen molar-refractivity contribution in [1.82, 2.24) is 4.98 Å². The monoisotopic (exact) mass is 377 g/mol. The number of pyridine rings is 1. The maximum absolute atomic E-state index is 12.6. The average Bonchev–Trinajstić information content (AvgIpc) is 2.74. The highest BCUT2D eigenvalue weighted by Gasteiger charge is 2.15. The second-order valence-electron chi connectivity index (χ2n) is 5.75. The quantitative estimate of drug-likeness (QED) is 0.685. The second-order valence-corrected chi connectivity index (χ2v) is 5.75. The Balaban J connectivity index is 1.76. The van der Waals surface area contributed by atoms with Crippen LogP contribution in [0, 0.1) is 0 Å². The molecule has 0 aliphatic rings. The van der Waals surface area contributed by atoms with Gasteiger partial charge >= 0.3 is 0 Å². The van der Waals surface area contributed by atoms with Crippen molar-refractivity contribution in [2.75, 3.05) is 24.9 Å². The first-order valence-electron chi connectivity index (χ1n) is 8.47. The molecule has 0 unspecified atom stereocenters. The van der Waals surface area contributed by atoms with Crippen LogP contribution in [0.2, 0.25) is 0 Å². The Kier molecular flexibility index (Phi) is 5.86. The SMILES string of the molecule is COc1ccc(NC(=O)c2cccc(C(=O)Nc3ccccc3)n2)c(OC)c1. The van der Waals surface area contributed by atoms with Gasteiger partial charge in [0.1, 0.15) is 22.9 Å². The molecular weight excluding hydrogens is 358 g/mol. The first-order chi connectivity index (χ1) is 13.6. The lowest BCUT2D eigenvalue weighted by atomic mass is 10.2.